The fourth-order valence-corrected chi connectivity index (χ4v) is 2.80. The highest BCUT2D eigenvalue weighted by molar-refractivity contribution is 5.95. The van der Waals surface area contributed by atoms with Crippen LogP contribution in [-0.4, -0.2) is 33.7 Å². The Hall–Kier alpha value is -1.92. The number of aromatic nitrogens is 3. The van der Waals surface area contributed by atoms with Crippen LogP contribution in [0.5, 0.6) is 0 Å². The van der Waals surface area contributed by atoms with Gasteiger partial charge in [-0.05, 0) is 31.5 Å². The van der Waals surface area contributed by atoms with E-state index in [-0.39, 0.29) is 24.2 Å². The molecule has 0 bridgehead atoms. The topological polar surface area (TPSA) is 82.7 Å². The van der Waals surface area contributed by atoms with Crippen LogP contribution in [0.3, 0.4) is 0 Å². The number of hydrogen-bond acceptors (Lipinski definition) is 4. The summed E-state index contributed by atoms with van der Waals surface area (Å²) in [5, 5.41) is 13.6. The number of anilines is 1. The smallest absolute Gasteiger partial charge is 0.225 e. The van der Waals surface area contributed by atoms with Gasteiger partial charge in [0, 0.05) is 23.9 Å². The molecule has 24 heavy (non-hydrogen) atoms. The number of halogens is 1. The first-order chi connectivity index (χ1) is 11.1. The Balaban J connectivity index is 0.00000208. The molecule has 3 rings (SSSR count). The number of hydrogen-bond donors (Lipinski definition) is 3. The fourth-order valence-electron chi connectivity index (χ4n) is 2.80. The quantitative estimate of drug-likeness (QED) is 0.774. The Kier molecular flexibility index (Phi) is 6.34. The van der Waals surface area contributed by atoms with Crippen LogP contribution in [0.4, 0.5) is 5.69 Å². The number of carbonyl (C=O) groups excluding carboxylic acids is 1. The molecule has 0 aliphatic carbocycles. The lowest BCUT2D eigenvalue weighted by Gasteiger charge is -2.12. The zero-order valence-corrected chi connectivity index (χ0v) is 14.8. The number of aromatic amines is 1. The first kappa shape index (κ1) is 18.4. The summed E-state index contributed by atoms with van der Waals surface area (Å²) in [7, 11) is 0. The zero-order valence-electron chi connectivity index (χ0n) is 14.0. The van der Waals surface area contributed by atoms with Gasteiger partial charge in [0.05, 0.1) is 5.69 Å². The van der Waals surface area contributed by atoms with E-state index in [1.165, 1.54) is 0 Å². The van der Waals surface area contributed by atoms with Gasteiger partial charge in [-0.3, -0.25) is 9.89 Å². The average Bonchev–Trinajstić information content (AvgIpc) is 3.19. The van der Waals surface area contributed by atoms with Gasteiger partial charge in [-0.25, -0.2) is 4.98 Å². The van der Waals surface area contributed by atoms with Gasteiger partial charge in [-0.2, -0.15) is 5.10 Å². The van der Waals surface area contributed by atoms with Crippen molar-refractivity contribution < 1.29 is 4.79 Å². The van der Waals surface area contributed by atoms with E-state index in [0.717, 1.165) is 36.5 Å². The molecule has 3 N–H and O–H groups in total. The van der Waals surface area contributed by atoms with E-state index < -0.39 is 0 Å². The number of nitrogens with one attached hydrogen (secondary N) is 3. The van der Waals surface area contributed by atoms with E-state index in [4.69, 9.17) is 0 Å². The SMILES string of the molecule is CC(C)c1nc(-c2ccccc2NC(=O)CC2CCCN2)n[nH]1.Cl. The summed E-state index contributed by atoms with van der Waals surface area (Å²) in [5.41, 5.74) is 1.59. The second-order valence-corrected chi connectivity index (χ2v) is 6.29. The Morgan fingerprint density at radius 1 is 1.38 bits per heavy atom. The first-order valence-electron chi connectivity index (χ1n) is 8.18. The van der Waals surface area contributed by atoms with Gasteiger partial charge in [0.15, 0.2) is 5.82 Å². The van der Waals surface area contributed by atoms with Crippen LogP contribution in [0.1, 0.15) is 44.9 Å². The van der Waals surface area contributed by atoms with Crippen molar-refractivity contribution in [2.24, 2.45) is 0 Å². The maximum Gasteiger partial charge on any atom is 0.225 e. The second-order valence-electron chi connectivity index (χ2n) is 6.29. The summed E-state index contributed by atoms with van der Waals surface area (Å²) in [6.45, 7) is 5.13. The molecule has 1 unspecified atom stereocenters. The predicted octanol–water partition coefficient (Wildman–Crippen LogP) is 3.10. The van der Waals surface area contributed by atoms with Crippen LogP contribution >= 0.6 is 12.4 Å². The molecule has 1 atom stereocenters. The van der Waals surface area contributed by atoms with Gasteiger partial charge in [-0.1, -0.05) is 26.0 Å². The van der Waals surface area contributed by atoms with E-state index in [9.17, 15) is 4.79 Å². The number of para-hydroxylation sites is 1. The summed E-state index contributed by atoms with van der Waals surface area (Å²) in [6.07, 6.45) is 2.71. The van der Waals surface area contributed by atoms with Crippen molar-refractivity contribution in [3.05, 3.63) is 30.1 Å². The zero-order chi connectivity index (χ0) is 16.2. The van der Waals surface area contributed by atoms with Crippen LogP contribution in [0.2, 0.25) is 0 Å². The monoisotopic (exact) mass is 349 g/mol. The molecule has 1 aliphatic rings. The van der Waals surface area contributed by atoms with Crippen molar-refractivity contribution in [3.8, 4) is 11.4 Å². The van der Waals surface area contributed by atoms with Crippen LogP contribution in [0, 0.1) is 0 Å². The minimum absolute atomic E-state index is 0. The van der Waals surface area contributed by atoms with Crippen LogP contribution in [0.25, 0.3) is 11.4 Å². The van der Waals surface area contributed by atoms with Gasteiger partial charge >= 0.3 is 0 Å². The van der Waals surface area contributed by atoms with Crippen molar-refractivity contribution in [1.29, 1.82) is 0 Å². The summed E-state index contributed by atoms with van der Waals surface area (Å²) >= 11 is 0. The Labute approximate surface area is 148 Å². The minimum Gasteiger partial charge on any atom is -0.325 e. The molecule has 7 heteroatoms. The second kappa shape index (κ2) is 8.26. The third-order valence-electron chi connectivity index (χ3n) is 4.09. The largest absolute Gasteiger partial charge is 0.325 e. The molecule has 130 valence electrons. The molecular formula is C17H24ClN5O. The maximum absolute atomic E-state index is 12.3. The minimum atomic E-state index is 0. The van der Waals surface area contributed by atoms with Crippen molar-refractivity contribution >= 4 is 24.0 Å². The molecule has 6 nitrogen and oxygen atoms in total. The molecule has 1 amide bonds. The van der Waals surface area contributed by atoms with Gasteiger partial charge in [0.2, 0.25) is 5.91 Å². The Morgan fingerprint density at radius 3 is 2.83 bits per heavy atom. The molecule has 1 aliphatic heterocycles. The number of benzene rings is 1. The lowest BCUT2D eigenvalue weighted by Crippen LogP contribution is -2.27. The van der Waals surface area contributed by atoms with Gasteiger partial charge in [0.25, 0.3) is 0 Å². The molecule has 1 aromatic carbocycles. The predicted molar refractivity (Wildman–Crippen MR) is 97.4 cm³/mol. The number of H-pyrrole nitrogens is 1. The fraction of sp³-hybridized carbons (Fsp3) is 0.471. The lowest BCUT2D eigenvalue weighted by atomic mass is 10.1. The third kappa shape index (κ3) is 4.33. The van der Waals surface area contributed by atoms with Crippen LogP contribution in [0.15, 0.2) is 24.3 Å². The summed E-state index contributed by atoms with van der Waals surface area (Å²) in [4.78, 5) is 16.8. The molecule has 1 aromatic heterocycles. The normalized spacial score (nSPS) is 16.9. The van der Waals surface area contributed by atoms with Crippen molar-refractivity contribution in [3.63, 3.8) is 0 Å². The van der Waals surface area contributed by atoms with Gasteiger partial charge in [0.1, 0.15) is 5.82 Å². The molecule has 0 spiro atoms. The van der Waals surface area contributed by atoms with Gasteiger partial charge in [-0.15, -0.1) is 12.4 Å². The van der Waals surface area contributed by atoms with Crippen molar-refractivity contribution in [2.75, 3.05) is 11.9 Å². The van der Waals surface area contributed by atoms with Crippen molar-refractivity contribution in [1.82, 2.24) is 20.5 Å². The van der Waals surface area contributed by atoms with Crippen LogP contribution < -0.4 is 10.6 Å². The summed E-state index contributed by atoms with van der Waals surface area (Å²) < 4.78 is 0. The first-order valence-corrected chi connectivity index (χ1v) is 8.18. The third-order valence-corrected chi connectivity index (χ3v) is 4.09. The number of nitrogens with zero attached hydrogens (tertiary/aromatic N) is 2. The number of amides is 1. The molecule has 1 fully saturated rings. The molecule has 1 saturated heterocycles. The van der Waals surface area contributed by atoms with E-state index >= 15 is 0 Å². The molecule has 0 radical (unpaired) electrons. The highest BCUT2D eigenvalue weighted by Gasteiger charge is 2.19. The number of rotatable bonds is 5. The van der Waals surface area contributed by atoms with E-state index in [1.807, 2.05) is 24.3 Å². The molecule has 2 aromatic rings. The molecule has 0 saturated carbocycles. The average molecular weight is 350 g/mol. The maximum atomic E-state index is 12.3. The lowest BCUT2D eigenvalue weighted by molar-refractivity contribution is -0.116. The standard InChI is InChI=1S/C17H23N5O.ClH/c1-11(2)16-20-17(22-21-16)13-7-3-4-8-14(13)19-15(23)10-12-6-5-9-18-12;/h3-4,7-8,11-12,18H,5-6,9-10H2,1-2H3,(H,19,23)(H,20,21,22);1H. The molecule has 2 heterocycles. The van der Waals surface area contributed by atoms with E-state index in [2.05, 4.69) is 39.7 Å². The molecular weight excluding hydrogens is 326 g/mol. The Bertz CT molecular complexity index is 679. The summed E-state index contributed by atoms with van der Waals surface area (Å²) in [5.74, 6) is 1.77. The highest BCUT2D eigenvalue weighted by atomic mass is 35.5. The van der Waals surface area contributed by atoms with E-state index in [1.54, 1.807) is 0 Å². The van der Waals surface area contributed by atoms with E-state index in [0.29, 0.717) is 18.3 Å². The summed E-state index contributed by atoms with van der Waals surface area (Å²) in [6, 6.07) is 7.94. The van der Waals surface area contributed by atoms with Crippen molar-refractivity contribution in [2.45, 2.75) is 45.1 Å². The Morgan fingerprint density at radius 2 is 2.17 bits per heavy atom. The van der Waals surface area contributed by atoms with Crippen LogP contribution in [-0.2, 0) is 4.79 Å². The van der Waals surface area contributed by atoms with Gasteiger partial charge < -0.3 is 10.6 Å². The highest BCUT2D eigenvalue weighted by Crippen LogP contribution is 2.26. The number of carbonyl (C=O) groups is 1.